The molecule has 0 aromatic heterocycles. The second-order valence-electron chi connectivity index (χ2n) is 8.15. The summed E-state index contributed by atoms with van der Waals surface area (Å²) in [5, 5.41) is 5.02. The van der Waals surface area contributed by atoms with Crippen LogP contribution < -0.4 is 10.6 Å². The summed E-state index contributed by atoms with van der Waals surface area (Å²) in [5.41, 5.74) is 1.88. The van der Waals surface area contributed by atoms with Crippen molar-refractivity contribution in [3.63, 3.8) is 0 Å². The first-order chi connectivity index (χ1) is 17.2. The summed E-state index contributed by atoms with van der Waals surface area (Å²) in [6.07, 6.45) is 0.220. The number of carbonyl (C=O) groups excluding carboxylic acids is 5. The maximum Gasteiger partial charge on any atom is 0.355 e. The normalized spacial score (nSPS) is 13.2. The molecule has 0 radical (unpaired) electrons. The van der Waals surface area contributed by atoms with Crippen LogP contribution in [0.3, 0.4) is 0 Å². The van der Waals surface area contributed by atoms with Gasteiger partial charge in [-0.3, -0.25) is 19.2 Å². The largest absolute Gasteiger partial charge is 0.448 e. The van der Waals surface area contributed by atoms with Crippen LogP contribution in [-0.2, 0) is 19.1 Å². The van der Waals surface area contributed by atoms with E-state index >= 15 is 0 Å². The molecule has 1 aliphatic carbocycles. The molecule has 36 heavy (non-hydrogen) atoms. The Bertz CT molecular complexity index is 1420. The summed E-state index contributed by atoms with van der Waals surface area (Å²) in [6.45, 7) is 2.63. The van der Waals surface area contributed by atoms with E-state index in [1.54, 1.807) is 48.5 Å². The van der Waals surface area contributed by atoms with Gasteiger partial charge in [0, 0.05) is 34.9 Å². The fourth-order valence-electron chi connectivity index (χ4n) is 3.75. The Balaban J connectivity index is 1.48. The van der Waals surface area contributed by atoms with E-state index in [-0.39, 0.29) is 34.1 Å². The molecule has 0 fully saturated rings. The molecule has 0 saturated carbocycles. The van der Waals surface area contributed by atoms with Gasteiger partial charge in [-0.2, -0.15) is 0 Å². The van der Waals surface area contributed by atoms with Gasteiger partial charge in [0.25, 0.3) is 5.91 Å². The van der Waals surface area contributed by atoms with E-state index in [0.29, 0.717) is 16.7 Å². The van der Waals surface area contributed by atoms with Crippen molar-refractivity contribution in [1.29, 1.82) is 0 Å². The summed E-state index contributed by atoms with van der Waals surface area (Å²) in [6, 6.07) is 19.8. The van der Waals surface area contributed by atoms with Gasteiger partial charge in [-0.1, -0.05) is 54.6 Å². The number of ether oxygens (including phenoxy) is 1. The first kappa shape index (κ1) is 24.3. The first-order valence-corrected chi connectivity index (χ1v) is 11.1. The summed E-state index contributed by atoms with van der Waals surface area (Å²) in [7, 11) is 0. The molecule has 0 aliphatic heterocycles. The predicted octanol–water partition coefficient (Wildman–Crippen LogP) is 3.51. The lowest BCUT2D eigenvalue weighted by Crippen LogP contribution is -2.34. The van der Waals surface area contributed by atoms with E-state index in [0.717, 1.165) is 0 Å². The van der Waals surface area contributed by atoms with Crippen molar-refractivity contribution < 1.29 is 28.7 Å². The molecule has 1 atom stereocenters. The molecule has 0 saturated heterocycles. The Morgan fingerprint density at radius 3 is 2.03 bits per heavy atom. The minimum absolute atomic E-state index is 0.120. The zero-order chi connectivity index (χ0) is 25.8. The van der Waals surface area contributed by atoms with Gasteiger partial charge in [0.2, 0.25) is 5.91 Å². The van der Waals surface area contributed by atoms with Crippen molar-refractivity contribution >= 4 is 41.1 Å². The van der Waals surface area contributed by atoms with Crippen molar-refractivity contribution in [1.82, 2.24) is 5.32 Å². The number of fused-ring (bicyclic) bond motifs is 2. The molecular weight excluding hydrogens is 460 g/mol. The molecule has 0 heterocycles. The second-order valence-corrected chi connectivity index (χ2v) is 8.15. The van der Waals surface area contributed by atoms with Crippen LogP contribution in [0.4, 0.5) is 5.69 Å². The number of amides is 2. The number of esters is 1. The summed E-state index contributed by atoms with van der Waals surface area (Å²) in [4.78, 5) is 62.6. The van der Waals surface area contributed by atoms with Gasteiger partial charge in [0.05, 0.1) is 0 Å². The van der Waals surface area contributed by atoms with E-state index in [1.807, 2.05) is 6.07 Å². The van der Waals surface area contributed by atoms with Crippen LogP contribution in [0, 0.1) is 0 Å². The summed E-state index contributed by atoms with van der Waals surface area (Å²) in [5.74, 6) is -2.60. The minimum atomic E-state index is -1.22. The zero-order valence-electron chi connectivity index (χ0n) is 19.5. The van der Waals surface area contributed by atoms with Crippen LogP contribution in [0.1, 0.15) is 51.3 Å². The highest BCUT2D eigenvalue weighted by Gasteiger charge is 2.30. The fourth-order valence-corrected chi connectivity index (χ4v) is 3.75. The third kappa shape index (κ3) is 5.12. The minimum Gasteiger partial charge on any atom is -0.448 e. The smallest absolute Gasteiger partial charge is 0.355 e. The zero-order valence-corrected chi connectivity index (χ0v) is 19.5. The van der Waals surface area contributed by atoms with E-state index in [4.69, 9.17) is 4.74 Å². The monoisotopic (exact) mass is 482 g/mol. The predicted molar refractivity (Wildman–Crippen MR) is 132 cm³/mol. The van der Waals surface area contributed by atoms with Crippen LogP contribution in [0.15, 0.2) is 78.5 Å². The maximum atomic E-state index is 12.9. The Morgan fingerprint density at radius 2 is 1.39 bits per heavy atom. The number of ketones is 2. The highest BCUT2D eigenvalue weighted by atomic mass is 16.5. The molecule has 4 rings (SSSR count). The first-order valence-electron chi connectivity index (χ1n) is 11.1. The van der Waals surface area contributed by atoms with Crippen LogP contribution in [0.2, 0.25) is 0 Å². The van der Waals surface area contributed by atoms with Crippen molar-refractivity contribution in [2.75, 3.05) is 5.32 Å². The number of nitrogens with one attached hydrogen (secondary N) is 2. The SMILES string of the molecule is CC(=O)N/C(=C\c1ccccc1)C(=O)OC(C)C(=O)Nc1ccc2c(c1)C(=O)c1ccccc1C2=O. The topological polar surface area (TPSA) is 119 Å². The van der Waals surface area contributed by atoms with Gasteiger partial charge < -0.3 is 15.4 Å². The molecule has 3 aromatic carbocycles. The lowest BCUT2D eigenvalue weighted by molar-refractivity contribution is -0.149. The highest BCUT2D eigenvalue weighted by Crippen LogP contribution is 2.29. The Hall–Kier alpha value is -4.85. The number of benzene rings is 3. The lowest BCUT2D eigenvalue weighted by Gasteiger charge is -2.19. The molecule has 2 N–H and O–H groups in total. The van der Waals surface area contributed by atoms with Crippen molar-refractivity contribution in [3.8, 4) is 0 Å². The average molecular weight is 482 g/mol. The van der Waals surface area contributed by atoms with E-state index in [2.05, 4.69) is 10.6 Å². The molecule has 8 nitrogen and oxygen atoms in total. The third-order valence-corrected chi connectivity index (χ3v) is 5.49. The Kier molecular flexibility index (Phi) is 6.87. The van der Waals surface area contributed by atoms with Crippen LogP contribution in [-0.4, -0.2) is 35.5 Å². The number of carbonyl (C=O) groups is 5. The van der Waals surface area contributed by atoms with Crippen molar-refractivity contribution in [3.05, 3.63) is 106 Å². The molecule has 180 valence electrons. The number of rotatable bonds is 6. The van der Waals surface area contributed by atoms with Crippen LogP contribution in [0.25, 0.3) is 6.08 Å². The van der Waals surface area contributed by atoms with E-state index in [1.165, 1.54) is 38.1 Å². The third-order valence-electron chi connectivity index (χ3n) is 5.49. The molecule has 8 heteroatoms. The van der Waals surface area contributed by atoms with E-state index in [9.17, 15) is 24.0 Å². The van der Waals surface area contributed by atoms with Gasteiger partial charge in [-0.15, -0.1) is 0 Å². The van der Waals surface area contributed by atoms with Gasteiger partial charge in [-0.25, -0.2) is 4.79 Å². The lowest BCUT2D eigenvalue weighted by atomic mass is 9.84. The second kappa shape index (κ2) is 10.2. The van der Waals surface area contributed by atoms with Crippen LogP contribution >= 0.6 is 0 Å². The number of anilines is 1. The van der Waals surface area contributed by atoms with Gasteiger partial charge in [0.15, 0.2) is 17.7 Å². The Morgan fingerprint density at radius 1 is 0.806 bits per heavy atom. The molecular formula is C28H22N2O6. The molecule has 3 aromatic rings. The van der Waals surface area contributed by atoms with Gasteiger partial charge in [0.1, 0.15) is 5.70 Å². The van der Waals surface area contributed by atoms with Gasteiger partial charge in [-0.05, 0) is 36.8 Å². The highest BCUT2D eigenvalue weighted by molar-refractivity contribution is 6.28. The average Bonchev–Trinajstić information content (AvgIpc) is 2.87. The van der Waals surface area contributed by atoms with Crippen molar-refractivity contribution in [2.24, 2.45) is 0 Å². The quantitative estimate of drug-likeness (QED) is 0.321. The number of hydrogen-bond donors (Lipinski definition) is 2. The molecule has 0 bridgehead atoms. The molecule has 1 unspecified atom stereocenters. The fraction of sp³-hybridized carbons (Fsp3) is 0.107. The van der Waals surface area contributed by atoms with E-state index < -0.39 is 23.9 Å². The molecule has 0 spiro atoms. The summed E-state index contributed by atoms with van der Waals surface area (Å²) < 4.78 is 5.26. The maximum absolute atomic E-state index is 12.9. The summed E-state index contributed by atoms with van der Waals surface area (Å²) >= 11 is 0. The number of hydrogen-bond acceptors (Lipinski definition) is 6. The molecule has 2 amide bonds. The molecule has 1 aliphatic rings. The van der Waals surface area contributed by atoms with Crippen LogP contribution in [0.5, 0.6) is 0 Å². The van der Waals surface area contributed by atoms with Crippen molar-refractivity contribution in [2.45, 2.75) is 20.0 Å². The Labute approximate surface area is 207 Å². The standard InChI is InChI=1S/C28H22N2O6/c1-16(36-28(35)24(29-17(2)31)14-18-8-4-3-5-9-18)27(34)30-19-12-13-22-23(15-19)26(33)21-11-7-6-10-20(21)25(22)32/h3-16H,1-2H3,(H,29,31)(H,30,34)/b24-14-. The van der Waals surface area contributed by atoms with Gasteiger partial charge >= 0.3 is 5.97 Å².